The van der Waals surface area contributed by atoms with Crippen LogP contribution in [0.25, 0.3) is 0 Å². The number of piperidine rings is 1. The molecule has 2 rings (SSSR count). The van der Waals surface area contributed by atoms with Crippen LogP contribution in [0.5, 0.6) is 0 Å². The molecule has 0 saturated carbocycles. The molecule has 140 valence electrons. The van der Waals surface area contributed by atoms with Crippen molar-refractivity contribution in [3.8, 4) is 0 Å². The van der Waals surface area contributed by atoms with Gasteiger partial charge in [0.25, 0.3) is 0 Å². The van der Waals surface area contributed by atoms with Crippen molar-refractivity contribution in [1.29, 1.82) is 0 Å². The van der Waals surface area contributed by atoms with E-state index in [0.29, 0.717) is 17.6 Å². The van der Waals surface area contributed by atoms with Crippen molar-refractivity contribution in [2.24, 2.45) is 5.28 Å². The fourth-order valence-corrected chi connectivity index (χ4v) is 3.31. The molecule has 1 aliphatic rings. The van der Waals surface area contributed by atoms with Gasteiger partial charge in [-0.25, -0.2) is 0 Å². The lowest BCUT2D eigenvalue weighted by molar-refractivity contribution is -0.725. The van der Waals surface area contributed by atoms with E-state index in [1.165, 1.54) is 5.56 Å². The summed E-state index contributed by atoms with van der Waals surface area (Å²) in [6.07, 6.45) is 1.78. The maximum absolute atomic E-state index is 12.2. The average molecular weight is 348 g/mol. The lowest BCUT2D eigenvalue weighted by Crippen LogP contribution is -2.45. The first kappa shape index (κ1) is 19.5. The third kappa shape index (κ3) is 5.33. The Balaban J connectivity index is 1.85. The highest BCUT2D eigenvalue weighted by molar-refractivity contribution is 5.18. The molecule has 1 saturated heterocycles. The lowest BCUT2D eigenvalue weighted by atomic mass is 10.0. The fraction of sp³-hybridized carbons (Fsp3) is 0.684. The molecule has 6 nitrogen and oxygen atoms in total. The van der Waals surface area contributed by atoms with Crippen LogP contribution in [0.4, 0.5) is 0 Å². The number of hydrogen-bond acceptors (Lipinski definition) is 4. The molecule has 25 heavy (non-hydrogen) atoms. The Labute approximate surface area is 151 Å². The van der Waals surface area contributed by atoms with Gasteiger partial charge in [-0.05, 0) is 53.0 Å². The maximum Gasteiger partial charge on any atom is 0.233 e. The zero-order chi connectivity index (χ0) is 18.4. The second-order valence-electron chi connectivity index (χ2n) is 7.65. The quantitative estimate of drug-likeness (QED) is 0.440. The van der Waals surface area contributed by atoms with Crippen LogP contribution in [-0.2, 0) is 4.84 Å². The molecule has 1 unspecified atom stereocenters. The molecule has 0 aromatic heterocycles. The number of hydrogen-bond donors (Lipinski definition) is 0. The Morgan fingerprint density at radius 2 is 1.88 bits per heavy atom. The van der Waals surface area contributed by atoms with Gasteiger partial charge in [0.15, 0.2) is 0 Å². The van der Waals surface area contributed by atoms with Crippen LogP contribution in [0, 0.1) is 5.21 Å². The summed E-state index contributed by atoms with van der Waals surface area (Å²) >= 11 is 0. The molecule has 0 bridgehead atoms. The van der Waals surface area contributed by atoms with Crippen molar-refractivity contribution in [1.82, 2.24) is 9.91 Å². The monoisotopic (exact) mass is 348 g/mol. The molecule has 0 amide bonds. The second kappa shape index (κ2) is 8.52. The maximum atomic E-state index is 12.2. The van der Waals surface area contributed by atoms with Gasteiger partial charge in [0.2, 0.25) is 5.28 Å². The highest BCUT2D eigenvalue weighted by Gasteiger charge is 2.29. The van der Waals surface area contributed by atoms with E-state index >= 15 is 0 Å². The molecule has 1 aromatic carbocycles. The van der Waals surface area contributed by atoms with Crippen LogP contribution in [0.1, 0.15) is 59.1 Å². The summed E-state index contributed by atoms with van der Waals surface area (Å²) in [4.78, 5) is 8.58. The summed E-state index contributed by atoms with van der Waals surface area (Å²) in [5.41, 5.74) is 1.05. The Hall–Kier alpha value is -1.82. The van der Waals surface area contributed by atoms with E-state index in [9.17, 15) is 5.21 Å². The minimum atomic E-state index is -0.280. The number of likely N-dealkylation sites (tertiary alicyclic amines) is 1. The molecule has 1 atom stereocenters. The van der Waals surface area contributed by atoms with Crippen LogP contribution in [0.15, 0.2) is 35.6 Å². The van der Waals surface area contributed by atoms with Crippen LogP contribution in [-0.4, -0.2) is 46.2 Å². The van der Waals surface area contributed by atoms with Crippen LogP contribution in [0.2, 0.25) is 0 Å². The molecule has 1 fully saturated rings. The predicted molar refractivity (Wildman–Crippen MR) is 98.7 cm³/mol. The summed E-state index contributed by atoms with van der Waals surface area (Å²) in [5, 5.41) is 17.6. The van der Waals surface area contributed by atoms with Crippen molar-refractivity contribution in [3.05, 3.63) is 41.1 Å². The van der Waals surface area contributed by atoms with Gasteiger partial charge in [0.1, 0.15) is 6.10 Å². The molecule has 0 radical (unpaired) electrons. The number of rotatable bonds is 6. The summed E-state index contributed by atoms with van der Waals surface area (Å²) < 4.78 is 0. The first-order chi connectivity index (χ1) is 11.8. The molecule has 0 spiro atoms. The van der Waals surface area contributed by atoms with Gasteiger partial charge in [-0.15, -0.1) is 5.01 Å². The third-order valence-electron chi connectivity index (χ3n) is 4.85. The lowest BCUT2D eigenvalue weighted by Gasteiger charge is -2.35. The van der Waals surface area contributed by atoms with Crippen molar-refractivity contribution < 1.29 is 9.81 Å². The summed E-state index contributed by atoms with van der Waals surface area (Å²) in [6, 6.07) is 10.9. The van der Waals surface area contributed by atoms with Gasteiger partial charge in [0.05, 0.1) is 17.1 Å². The highest BCUT2D eigenvalue weighted by atomic mass is 16.7. The molecule has 6 heteroatoms. The standard InChI is InChI=1S/C19H32N4O2/c1-6-22(19(3,4)5)23(24)20-25-18-12-14-21(15-13-18)16(2)17-10-8-7-9-11-17/h7-11,16,18H,6,12-15H2,1-5H3/b23-20-. The van der Waals surface area contributed by atoms with Crippen LogP contribution >= 0.6 is 0 Å². The van der Waals surface area contributed by atoms with E-state index in [1.807, 2.05) is 33.8 Å². The van der Waals surface area contributed by atoms with E-state index < -0.39 is 0 Å². The molecule has 0 aliphatic carbocycles. The molecule has 0 N–H and O–H groups in total. The van der Waals surface area contributed by atoms with E-state index in [4.69, 9.17) is 4.84 Å². The third-order valence-corrected chi connectivity index (χ3v) is 4.85. The predicted octanol–water partition coefficient (Wildman–Crippen LogP) is 4.14. The summed E-state index contributed by atoms with van der Waals surface area (Å²) in [5.74, 6) is 0. The largest absolute Gasteiger partial charge is 0.569 e. The molecule has 1 heterocycles. The van der Waals surface area contributed by atoms with Crippen LogP contribution in [0.3, 0.4) is 0 Å². The van der Waals surface area contributed by atoms with E-state index in [2.05, 4.69) is 41.4 Å². The van der Waals surface area contributed by atoms with Crippen molar-refractivity contribution in [3.63, 3.8) is 0 Å². The Morgan fingerprint density at radius 3 is 2.40 bits per heavy atom. The SMILES string of the molecule is CCN(/[N+]([O-])=N/OC1CCN(C(C)c2ccccc2)CC1)C(C)(C)C. The second-order valence-corrected chi connectivity index (χ2v) is 7.65. The van der Waals surface area contributed by atoms with Crippen molar-refractivity contribution >= 4 is 0 Å². The van der Waals surface area contributed by atoms with Gasteiger partial charge in [-0.1, -0.05) is 30.3 Å². The minimum absolute atomic E-state index is 0.00866. The topological polar surface area (TPSA) is 54.1 Å². The Kier molecular flexibility index (Phi) is 6.64. The van der Waals surface area contributed by atoms with Gasteiger partial charge in [-0.2, -0.15) is 0 Å². The number of benzene rings is 1. The van der Waals surface area contributed by atoms with Crippen molar-refractivity contribution in [2.45, 2.75) is 65.1 Å². The minimum Gasteiger partial charge on any atom is -0.569 e. The van der Waals surface area contributed by atoms with Gasteiger partial charge >= 0.3 is 0 Å². The highest BCUT2D eigenvalue weighted by Crippen LogP contribution is 2.25. The van der Waals surface area contributed by atoms with Gasteiger partial charge < -0.3 is 10.0 Å². The normalized spacial score (nSPS) is 18.8. The van der Waals surface area contributed by atoms with E-state index in [1.54, 1.807) is 5.01 Å². The first-order valence-electron chi connectivity index (χ1n) is 9.23. The molecular weight excluding hydrogens is 316 g/mol. The van der Waals surface area contributed by atoms with Gasteiger partial charge in [0, 0.05) is 19.1 Å². The van der Waals surface area contributed by atoms with Crippen LogP contribution < -0.4 is 0 Å². The van der Waals surface area contributed by atoms with E-state index in [-0.39, 0.29) is 11.6 Å². The van der Waals surface area contributed by atoms with Gasteiger partial charge in [-0.3, -0.25) is 4.90 Å². The summed E-state index contributed by atoms with van der Waals surface area (Å²) in [6.45, 7) is 12.6. The molecule has 1 aromatic rings. The van der Waals surface area contributed by atoms with Crippen molar-refractivity contribution in [2.75, 3.05) is 19.6 Å². The number of nitrogens with zero attached hydrogens (tertiary/aromatic N) is 4. The Bertz CT molecular complexity index is 548. The first-order valence-corrected chi connectivity index (χ1v) is 9.23. The number of hydrazine groups is 1. The molecule has 1 aliphatic heterocycles. The van der Waals surface area contributed by atoms with E-state index in [0.717, 1.165) is 25.9 Å². The fourth-order valence-electron chi connectivity index (χ4n) is 3.31. The molecular formula is C19H32N4O2. The summed E-state index contributed by atoms with van der Waals surface area (Å²) in [7, 11) is 0. The zero-order valence-corrected chi connectivity index (χ0v) is 16.2. The smallest absolute Gasteiger partial charge is 0.233 e. The average Bonchev–Trinajstić information content (AvgIpc) is 2.60. The zero-order valence-electron chi connectivity index (χ0n) is 16.2. The Morgan fingerprint density at radius 1 is 1.28 bits per heavy atom.